The maximum atomic E-state index is 12.7. The number of likely N-dealkylation sites (N-methyl/N-ethyl adjacent to an activating group) is 1. The molecule has 6 nitrogen and oxygen atoms in total. The average molecular weight is 441 g/mol. The zero-order valence-electron chi connectivity index (χ0n) is 16.2. The first kappa shape index (κ1) is 19.9. The monoisotopic (exact) mass is 440 g/mol. The second-order valence-electron chi connectivity index (χ2n) is 6.77. The highest BCUT2D eigenvalue weighted by Gasteiger charge is 2.16. The van der Waals surface area contributed by atoms with Gasteiger partial charge >= 0.3 is 0 Å². The Kier molecular flexibility index (Phi) is 5.74. The first-order valence-corrected chi connectivity index (χ1v) is 9.60. The van der Waals surface area contributed by atoms with Gasteiger partial charge in [0.2, 0.25) is 5.91 Å². The van der Waals surface area contributed by atoms with E-state index in [0.717, 1.165) is 32.6 Å². The molecule has 7 heteroatoms. The highest BCUT2D eigenvalue weighted by molar-refractivity contribution is 9.10. The molecule has 0 atom stereocenters. The van der Waals surface area contributed by atoms with Crippen LogP contribution < -0.4 is 5.32 Å². The van der Waals surface area contributed by atoms with Crippen molar-refractivity contribution >= 4 is 44.5 Å². The summed E-state index contributed by atoms with van der Waals surface area (Å²) in [5, 5.41) is 2.84. The van der Waals surface area contributed by atoms with Gasteiger partial charge in [0, 0.05) is 22.8 Å². The summed E-state index contributed by atoms with van der Waals surface area (Å²) in [6.07, 6.45) is 0. The maximum Gasteiger partial charge on any atom is 0.254 e. The van der Waals surface area contributed by atoms with Crippen LogP contribution in [0.2, 0.25) is 0 Å². The number of anilines is 1. The summed E-state index contributed by atoms with van der Waals surface area (Å²) < 4.78 is 0.945. The summed E-state index contributed by atoms with van der Waals surface area (Å²) in [6, 6.07) is 10.8. The summed E-state index contributed by atoms with van der Waals surface area (Å²) in [5.74, 6) is -0.502. The lowest BCUT2D eigenvalue weighted by atomic mass is 10.1. The van der Waals surface area contributed by atoms with Crippen LogP contribution in [0, 0.1) is 20.8 Å². The molecule has 28 heavy (non-hydrogen) atoms. The number of aryl methyl sites for hydroxylation is 3. The summed E-state index contributed by atoms with van der Waals surface area (Å²) in [7, 11) is 1.60. The van der Waals surface area contributed by atoms with Crippen molar-refractivity contribution in [2.24, 2.45) is 0 Å². The lowest BCUT2D eigenvalue weighted by molar-refractivity contribution is -0.116. The molecule has 0 aliphatic carbocycles. The second-order valence-corrected chi connectivity index (χ2v) is 7.68. The topological polar surface area (TPSA) is 75.2 Å². The Hall–Kier alpha value is -2.80. The van der Waals surface area contributed by atoms with E-state index in [9.17, 15) is 9.59 Å². The fraction of sp³-hybridized carbons (Fsp3) is 0.238. The molecule has 144 valence electrons. The fourth-order valence-electron chi connectivity index (χ4n) is 2.83. The van der Waals surface area contributed by atoms with Crippen molar-refractivity contribution in [2.75, 3.05) is 18.9 Å². The molecular weight excluding hydrogens is 420 g/mol. The predicted molar refractivity (Wildman–Crippen MR) is 113 cm³/mol. The van der Waals surface area contributed by atoms with Crippen LogP contribution in [0.5, 0.6) is 0 Å². The molecule has 1 N–H and O–H groups in total. The van der Waals surface area contributed by atoms with Crippen LogP contribution in [0.25, 0.3) is 11.0 Å². The number of nitrogens with zero attached hydrogens (tertiary/aromatic N) is 3. The first-order chi connectivity index (χ1) is 13.2. The van der Waals surface area contributed by atoms with Crippen molar-refractivity contribution in [1.29, 1.82) is 0 Å². The summed E-state index contributed by atoms with van der Waals surface area (Å²) in [4.78, 5) is 35.4. The van der Waals surface area contributed by atoms with Crippen molar-refractivity contribution in [2.45, 2.75) is 20.8 Å². The van der Waals surface area contributed by atoms with E-state index in [1.165, 1.54) is 4.90 Å². The minimum Gasteiger partial charge on any atom is -0.332 e. The van der Waals surface area contributed by atoms with E-state index >= 15 is 0 Å². The largest absolute Gasteiger partial charge is 0.332 e. The van der Waals surface area contributed by atoms with E-state index in [1.54, 1.807) is 25.2 Å². The molecule has 0 radical (unpaired) electrons. The maximum absolute atomic E-state index is 12.7. The molecule has 3 rings (SSSR count). The normalized spacial score (nSPS) is 10.8. The van der Waals surface area contributed by atoms with E-state index in [1.807, 2.05) is 39.0 Å². The van der Waals surface area contributed by atoms with Crippen molar-refractivity contribution in [3.63, 3.8) is 0 Å². The van der Waals surface area contributed by atoms with Gasteiger partial charge in [-0.2, -0.15) is 0 Å². The van der Waals surface area contributed by atoms with Crippen LogP contribution >= 0.6 is 15.9 Å². The molecule has 0 unspecified atom stereocenters. The van der Waals surface area contributed by atoms with Gasteiger partial charge in [-0.1, -0.05) is 15.9 Å². The molecule has 0 spiro atoms. The van der Waals surface area contributed by atoms with E-state index in [2.05, 4.69) is 31.2 Å². The number of carbonyl (C=O) groups is 2. The molecular formula is C21H21BrN4O2. The van der Waals surface area contributed by atoms with E-state index < -0.39 is 0 Å². The van der Waals surface area contributed by atoms with Crippen molar-refractivity contribution in [1.82, 2.24) is 14.9 Å². The fourth-order valence-corrected chi connectivity index (χ4v) is 3.30. The number of hydrogen-bond acceptors (Lipinski definition) is 4. The molecule has 0 saturated heterocycles. The molecule has 3 aromatic rings. The van der Waals surface area contributed by atoms with Gasteiger partial charge in [0.25, 0.3) is 5.91 Å². The van der Waals surface area contributed by atoms with E-state index in [0.29, 0.717) is 11.1 Å². The Labute approximate surface area is 172 Å². The zero-order chi connectivity index (χ0) is 20.4. The lowest BCUT2D eigenvalue weighted by Gasteiger charge is -2.18. The lowest BCUT2D eigenvalue weighted by Crippen LogP contribution is -2.35. The molecule has 1 heterocycles. The van der Waals surface area contributed by atoms with Gasteiger partial charge in [0.15, 0.2) is 0 Å². The number of amides is 2. The van der Waals surface area contributed by atoms with Gasteiger partial charge < -0.3 is 10.2 Å². The molecule has 0 bridgehead atoms. The quantitative estimate of drug-likeness (QED) is 0.664. The SMILES string of the molecule is Cc1cc(Br)ccc1NC(=O)CN(C)C(=O)c1ccc2nc(C)c(C)nc2c1. The van der Waals surface area contributed by atoms with Crippen molar-refractivity contribution in [3.05, 3.63) is 63.4 Å². The van der Waals surface area contributed by atoms with Crippen molar-refractivity contribution in [3.8, 4) is 0 Å². The average Bonchev–Trinajstić information content (AvgIpc) is 2.64. The number of benzene rings is 2. The van der Waals surface area contributed by atoms with Gasteiger partial charge in [-0.05, 0) is 62.7 Å². The van der Waals surface area contributed by atoms with Crippen LogP contribution in [0.1, 0.15) is 27.3 Å². The summed E-state index contributed by atoms with van der Waals surface area (Å²) in [6.45, 7) is 5.65. The third-order valence-electron chi connectivity index (χ3n) is 4.51. The number of aromatic nitrogens is 2. The third kappa shape index (κ3) is 4.36. The molecule has 2 amide bonds. The number of halogens is 1. The molecule has 0 saturated carbocycles. The molecule has 0 fully saturated rings. The molecule has 2 aromatic carbocycles. The molecule has 0 aliphatic heterocycles. The summed E-state index contributed by atoms with van der Waals surface area (Å²) in [5.41, 5.74) is 5.23. The van der Waals surface area contributed by atoms with Crippen LogP contribution in [0.4, 0.5) is 5.69 Å². The van der Waals surface area contributed by atoms with Crippen LogP contribution in [-0.4, -0.2) is 40.3 Å². The number of carbonyl (C=O) groups excluding carboxylic acids is 2. The number of hydrogen-bond donors (Lipinski definition) is 1. The Morgan fingerprint density at radius 1 is 1.00 bits per heavy atom. The Bertz CT molecular complexity index is 1080. The zero-order valence-corrected chi connectivity index (χ0v) is 17.8. The van der Waals surface area contributed by atoms with E-state index in [-0.39, 0.29) is 18.4 Å². The van der Waals surface area contributed by atoms with Crippen LogP contribution in [-0.2, 0) is 4.79 Å². The second kappa shape index (κ2) is 8.06. The van der Waals surface area contributed by atoms with E-state index in [4.69, 9.17) is 0 Å². The summed E-state index contributed by atoms with van der Waals surface area (Å²) >= 11 is 3.40. The first-order valence-electron chi connectivity index (χ1n) is 8.81. The number of fused-ring (bicyclic) bond motifs is 1. The van der Waals surface area contributed by atoms with Gasteiger partial charge in [-0.15, -0.1) is 0 Å². The third-order valence-corrected chi connectivity index (χ3v) is 5.01. The van der Waals surface area contributed by atoms with Crippen LogP contribution in [0.15, 0.2) is 40.9 Å². The minimum absolute atomic E-state index is 0.0506. The minimum atomic E-state index is -0.256. The smallest absolute Gasteiger partial charge is 0.254 e. The number of rotatable bonds is 4. The van der Waals surface area contributed by atoms with Gasteiger partial charge in [-0.3, -0.25) is 9.59 Å². The highest BCUT2D eigenvalue weighted by atomic mass is 79.9. The number of nitrogens with one attached hydrogen (secondary N) is 1. The van der Waals surface area contributed by atoms with Crippen LogP contribution in [0.3, 0.4) is 0 Å². The van der Waals surface area contributed by atoms with Gasteiger partial charge in [-0.25, -0.2) is 9.97 Å². The van der Waals surface area contributed by atoms with Crippen molar-refractivity contribution < 1.29 is 9.59 Å². The Morgan fingerprint density at radius 2 is 1.68 bits per heavy atom. The Balaban J connectivity index is 1.72. The highest BCUT2D eigenvalue weighted by Crippen LogP contribution is 2.20. The Morgan fingerprint density at radius 3 is 2.36 bits per heavy atom. The van der Waals surface area contributed by atoms with Gasteiger partial charge in [0.05, 0.1) is 29.0 Å². The van der Waals surface area contributed by atoms with Gasteiger partial charge in [0.1, 0.15) is 0 Å². The predicted octanol–water partition coefficient (Wildman–Crippen LogP) is 4.03. The molecule has 1 aromatic heterocycles. The molecule has 0 aliphatic rings. The standard InChI is InChI=1S/C21H21BrN4O2/c1-12-9-16(22)6-8-17(12)25-20(27)11-26(4)21(28)15-5-7-18-19(10-15)24-14(3)13(2)23-18/h5-10H,11H2,1-4H3,(H,25,27).